The summed E-state index contributed by atoms with van der Waals surface area (Å²) in [7, 11) is 0. The van der Waals surface area contributed by atoms with E-state index in [-0.39, 0.29) is 17.4 Å². The lowest BCUT2D eigenvalue weighted by molar-refractivity contribution is -0.116. The third-order valence-electron chi connectivity index (χ3n) is 5.46. The van der Waals surface area contributed by atoms with Crippen LogP contribution < -0.4 is 15.6 Å². The summed E-state index contributed by atoms with van der Waals surface area (Å²) in [6.07, 6.45) is 13.4. The number of ether oxygens (including phenoxy) is 1. The molecule has 0 aliphatic rings. The van der Waals surface area contributed by atoms with Gasteiger partial charge in [-0.05, 0) is 37.6 Å². The Morgan fingerprint density at radius 1 is 0.969 bits per heavy atom. The molecule has 0 unspecified atom stereocenters. The smallest absolute Gasteiger partial charge is 0.285 e. The van der Waals surface area contributed by atoms with Crippen LogP contribution in [0.15, 0.2) is 29.1 Å². The number of carbonyl (C=O) groups is 2. The van der Waals surface area contributed by atoms with E-state index in [4.69, 9.17) is 4.74 Å². The molecule has 0 saturated heterocycles. The molecule has 32 heavy (non-hydrogen) atoms. The van der Waals surface area contributed by atoms with E-state index in [1.165, 1.54) is 56.0 Å². The second-order valence-corrected chi connectivity index (χ2v) is 8.07. The monoisotopic (exact) mass is 443 g/mol. The fourth-order valence-corrected chi connectivity index (χ4v) is 3.66. The van der Waals surface area contributed by atoms with Gasteiger partial charge in [0.1, 0.15) is 5.56 Å². The zero-order valence-corrected chi connectivity index (χ0v) is 19.5. The van der Waals surface area contributed by atoms with Crippen molar-refractivity contribution in [3.8, 4) is 11.6 Å². The summed E-state index contributed by atoms with van der Waals surface area (Å²) in [5.41, 5.74) is 0.713. The van der Waals surface area contributed by atoms with E-state index < -0.39 is 5.56 Å². The molecule has 176 valence electrons. The Morgan fingerprint density at radius 3 is 2.12 bits per heavy atom. The SMILES string of the molecule is CCCCCCCCCCCCC(=O)Nc1ccc(-n2[nH]c(OCC)c(C=O)c2=O)cc1. The molecule has 0 bridgehead atoms. The predicted octanol–water partition coefficient (Wildman–Crippen LogP) is 5.63. The summed E-state index contributed by atoms with van der Waals surface area (Å²) in [6, 6.07) is 6.89. The van der Waals surface area contributed by atoms with Crippen LogP contribution in [0.1, 0.15) is 94.8 Å². The van der Waals surface area contributed by atoms with Crippen molar-refractivity contribution in [2.24, 2.45) is 0 Å². The van der Waals surface area contributed by atoms with E-state index in [0.29, 0.717) is 30.7 Å². The molecule has 0 spiro atoms. The molecule has 0 fully saturated rings. The minimum atomic E-state index is -0.471. The minimum Gasteiger partial charge on any atom is -0.478 e. The van der Waals surface area contributed by atoms with Gasteiger partial charge in [0.2, 0.25) is 11.8 Å². The summed E-state index contributed by atoms with van der Waals surface area (Å²) >= 11 is 0. The van der Waals surface area contributed by atoms with Crippen LogP contribution in [0.25, 0.3) is 5.69 Å². The molecule has 2 N–H and O–H groups in total. The van der Waals surface area contributed by atoms with Crippen LogP contribution in [-0.2, 0) is 4.79 Å². The number of anilines is 1. The Balaban J connectivity index is 1.73. The molecule has 0 radical (unpaired) electrons. The number of nitrogens with one attached hydrogen (secondary N) is 2. The lowest BCUT2D eigenvalue weighted by Gasteiger charge is -2.07. The number of hydrogen-bond acceptors (Lipinski definition) is 4. The molecule has 0 aliphatic carbocycles. The first-order valence-corrected chi connectivity index (χ1v) is 11.9. The number of hydrogen-bond donors (Lipinski definition) is 2. The average molecular weight is 444 g/mol. The van der Waals surface area contributed by atoms with E-state index in [9.17, 15) is 14.4 Å². The lowest BCUT2D eigenvalue weighted by atomic mass is 10.1. The van der Waals surface area contributed by atoms with Gasteiger partial charge in [-0.2, -0.15) is 0 Å². The average Bonchev–Trinajstić information content (AvgIpc) is 3.10. The van der Waals surface area contributed by atoms with Crippen LogP contribution in [-0.4, -0.2) is 28.6 Å². The van der Waals surface area contributed by atoms with E-state index in [0.717, 1.165) is 12.8 Å². The molecule has 7 heteroatoms. The highest BCUT2D eigenvalue weighted by molar-refractivity contribution is 5.90. The number of amides is 1. The topological polar surface area (TPSA) is 93.2 Å². The molecule has 1 aromatic carbocycles. The number of benzene rings is 1. The van der Waals surface area contributed by atoms with Gasteiger partial charge in [-0.1, -0.05) is 64.7 Å². The van der Waals surface area contributed by atoms with Gasteiger partial charge in [-0.25, -0.2) is 4.68 Å². The van der Waals surface area contributed by atoms with Gasteiger partial charge in [-0.15, -0.1) is 0 Å². The molecule has 1 heterocycles. The molecule has 2 aromatic rings. The Hall–Kier alpha value is -2.83. The summed E-state index contributed by atoms with van der Waals surface area (Å²) in [5.74, 6) is 0.151. The maximum atomic E-state index is 12.4. The number of unbranched alkanes of at least 4 members (excludes halogenated alkanes) is 9. The van der Waals surface area contributed by atoms with Crippen LogP contribution in [0.2, 0.25) is 0 Å². The van der Waals surface area contributed by atoms with Crippen molar-refractivity contribution in [2.45, 2.75) is 84.5 Å². The van der Waals surface area contributed by atoms with Crippen LogP contribution in [0.3, 0.4) is 0 Å². The minimum absolute atomic E-state index is 0.00349. The van der Waals surface area contributed by atoms with Gasteiger partial charge < -0.3 is 10.1 Å². The van der Waals surface area contributed by atoms with Crippen LogP contribution in [0.5, 0.6) is 5.88 Å². The number of aromatic nitrogens is 2. The summed E-state index contributed by atoms with van der Waals surface area (Å²) in [5, 5.41) is 5.70. The van der Waals surface area contributed by atoms with Crippen molar-refractivity contribution in [2.75, 3.05) is 11.9 Å². The number of rotatable bonds is 16. The largest absolute Gasteiger partial charge is 0.478 e. The maximum absolute atomic E-state index is 12.4. The molecule has 0 atom stereocenters. The zero-order valence-electron chi connectivity index (χ0n) is 19.5. The number of H-pyrrole nitrogens is 1. The predicted molar refractivity (Wildman–Crippen MR) is 128 cm³/mol. The second kappa shape index (κ2) is 14.3. The van der Waals surface area contributed by atoms with Gasteiger partial charge in [0, 0.05) is 12.1 Å². The van der Waals surface area contributed by atoms with Crippen molar-refractivity contribution in [3.05, 3.63) is 40.2 Å². The molecular formula is C25H37N3O4. The van der Waals surface area contributed by atoms with Gasteiger partial charge in [0.25, 0.3) is 5.56 Å². The van der Waals surface area contributed by atoms with Crippen molar-refractivity contribution in [3.63, 3.8) is 0 Å². The quantitative estimate of drug-likeness (QED) is 0.260. The maximum Gasteiger partial charge on any atom is 0.285 e. The van der Waals surface area contributed by atoms with E-state index in [2.05, 4.69) is 17.3 Å². The first-order chi connectivity index (χ1) is 15.6. The molecule has 1 amide bonds. The van der Waals surface area contributed by atoms with E-state index in [1.807, 2.05) is 0 Å². The third-order valence-corrected chi connectivity index (χ3v) is 5.46. The van der Waals surface area contributed by atoms with Gasteiger partial charge in [0.05, 0.1) is 12.3 Å². The normalized spacial score (nSPS) is 10.8. The Labute approximate surface area is 190 Å². The summed E-state index contributed by atoms with van der Waals surface area (Å²) in [6.45, 7) is 4.35. The summed E-state index contributed by atoms with van der Waals surface area (Å²) in [4.78, 5) is 35.8. The van der Waals surface area contributed by atoms with Crippen LogP contribution in [0.4, 0.5) is 5.69 Å². The zero-order chi connectivity index (χ0) is 23.2. The van der Waals surface area contributed by atoms with Gasteiger partial charge >= 0.3 is 0 Å². The van der Waals surface area contributed by atoms with Crippen molar-refractivity contribution in [1.82, 2.24) is 9.78 Å². The molecule has 1 aromatic heterocycles. The van der Waals surface area contributed by atoms with Crippen LogP contribution in [0, 0.1) is 0 Å². The Kier molecular flexibility index (Phi) is 11.3. The summed E-state index contributed by atoms with van der Waals surface area (Å²) < 4.78 is 6.56. The number of carbonyl (C=O) groups excluding carboxylic acids is 2. The fourth-order valence-electron chi connectivity index (χ4n) is 3.66. The highest BCUT2D eigenvalue weighted by Crippen LogP contribution is 2.16. The highest BCUT2D eigenvalue weighted by atomic mass is 16.5. The number of aldehydes is 1. The number of aromatic amines is 1. The van der Waals surface area contributed by atoms with E-state index in [1.54, 1.807) is 31.2 Å². The Bertz CT molecular complexity index is 884. The first kappa shape index (κ1) is 25.4. The van der Waals surface area contributed by atoms with Gasteiger partial charge in [-0.3, -0.25) is 19.5 Å². The molecule has 0 aliphatic heterocycles. The lowest BCUT2D eigenvalue weighted by Crippen LogP contribution is -2.17. The van der Waals surface area contributed by atoms with Crippen LogP contribution >= 0.6 is 0 Å². The number of nitrogens with zero attached hydrogens (tertiary/aromatic N) is 1. The van der Waals surface area contributed by atoms with Gasteiger partial charge in [0.15, 0.2) is 6.29 Å². The van der Waals surface area contributed by atoms with Crippen molar-refractivity contribution < 1.29 is 14.3 Å². The second-order valence-electron chi connectivity index (χ2n) is 8.07. The molecular weight excluding hydrogens is 406 g/mol. The third kappa shape index (κ3) is 8.02. The Morgan fingerprint density at radius 2 is 1.56 bits per heavy atom. The molecule has 7 nitrogen and oxygen atoms in total. The molecule has 2 rings (SSSR count). The standard InChI is InChI=1S/C25H37N3O4/c1-3-5-6-7-8-9-10-11-12-13-14-23(30)26-20-15-17-21(18-16-20)28-25(31)22(19-29)24(27-28)32-4-2/h15-19,27H,3-14H2,1-2H3,(H,26,30). The van der Waals surface area contributed by atoms with E-state index >= 15 is 0 Å². The van der Waals surface area contributed by atoms with Crippen molar-refractivity contribution in [1.29, 1.82) is 0 Å². The first-order valence-electron chi connectivity index (χ1n) is 11.9. The fraction of sp³-hybridized carbons (Fsp3) is 0.560. The highest BCUT2D eigenvalue weighted by Gasteiger charge is 2.15. The van der Waals surface area contributed by atoms with Crippen molar-refractivity contribution >= 4 is 17.9 Å². The molecule has 0 saturated carbocycles.